The van der Waals surface area contributed by atoms with Crippen LogP contribution in [-0.2, 0) is 6.42 Å². The van der Waals surface area contributed by atoms with Crippen LogP contribution in [0.3, 0.4) is 0 Å². The Morgan fingerprint density at radius 3 is 2.93 bits per heavy atom. The van der Waals surface area contributed by atoms with Crippen LogP contribution in [0.5, 0.6) is 6.01 Å². The van der Waals surface area contributed by atoms with Gasteiger partial charge in [-0.05, 0) is 18.6 Å². The fraction of sp³-hybridized carbons (Fsp3) is 0.300. The summed E-state index contributed by atoms with van der Waals surface area (Å²) in [7, 11) is 1.57. The molecule has 0 unspecified atom stereocenters. The van der Waals surface area contributed by atoms with Gasteiger partial charge in [0, 0.05) is 6.20 Å². The van der Waals surface area contributed by atoms with E-state index in [0.717, 1.165) is 23.1 Å². The molecule has 0 aromatic carbocycles. The molecule has 0 radical (unpaired) electrons. The average Bonchev–Trinajstić information content (AvgIpc) is 2.27. The molecule has 0 amide bonds. The first-order valence-electron chi connectivity index (χ1n) is 4.50. The summed E-state index contributed by atoms with van der Waals surface area (Å²) < 4.78 is 5.01. The first-order valence-corrected chi connectivity index (χ1v) is 4.50. The number of methoxy groups -OCH3 is 1. The minimum Gasteiger partial charge on any atom is -0.467 e. The maximum atomic E-state index is 5.01. The van der Waals surface area contributed by atoms with Crippen molar-refractivity contribution in [2.24, 2.45) is 0 Å². The molecule has 0 saturated carbocycles. The van der Waals surface area contributed by atoms with Crippen molar-refractivity contribution in [3.63, 3.8) is 0 Å². The highest BCUT2D eigenvalue weighted by molar-refractivity contribution is 5.76. The van der Waals surface area contributed by atoms with Crippen LogP contribution in [0, 0.1) is 0 Å². The molecule has 2 aromatic rings. The molecule has 72 valence electrons. The average molecular weight is 189 g/mol. The van der Waals surface area contributed by atoms with Gasteiger partial charge in [-0.25, -0.2) is 0 Å². The van der Waals surface area contributed by atoms with Gasteiger partial charge >= 0.3 is 6.01 Å². The van der Waals surface area contributed by atoms with E-state index >= 15 is 0 Å². The van der Waals surface area contributed by atoms with Crippen LogP contribution in [0.1, 0.15) is 12.6 Å². The van der Waals surface area contributed by atoms with E-state index in [9.17, 15) is 0 Å². The Kier molecular flexibility index (Phi) is 2.26. The van der Waals surface area contributed by atoms with Gasteiger partial charge in [0.2, 0.25) is 0 Å². The number of ether oxygens (including phenoxy) is 1. The molecule has 14 heavy (non-hydrogen) atoms. The smallest absolute Gasteiger partial charge is 0.317 e. The number of hydrogen-bond acceptors (Lipinski definition) is 4. The van der Waals surface area contributed by atoms with E-state index in [1.54, 1.807) is 13.3 Å². The van der Waals surface area contributed by atoms with Gasteiger partial charge in [-0.3, -0.25) is 4.98 Å². The summed E-state index contributed by atoms with van der Waals surface area (Å²) in [6.07, 6.45) is 2.57. The van der Waals surface area contributed by atoms with E-state index in [2.05, 4.69) is 15.0 Å². The SMILES string of the molecule is CCc1nc(OC)nc2cccnc12. The van der Waals surface area contributed by atoms with Crippen molar-refractivity contribution in [3.8, 4) is 6.01 Å². The third-order valence-electron chi connectivity index (χ3n) is 2.02. The maximum absolute atomic E-state index is 5.01. The van der Waals surface area contributed by atoms with Gasteiger partial charge < -0.3 is 4.74 Å². The van der Waals surface area contributed by atoms with Gasteiger partial charge in [0.1, 0.15) is 5.52 Å². The highest BCUT2D eigenvalue weighted by Crippen LogP contribution is 2.15. The molecule has 0 aliphatic rings. The Morgan fingerprint density at radius 1 is 1.36 bits per heavy atom. The van der Waals surface area contributed by atoms with Crippen molar-refractivity contribution in [2.75, 3.05) is 7.11 Å². The third kappa shape index (κ3) is 1.39. The molecule has 0 saturated heterocycles. The number of rotatable bonds is 2. The monoisotopic (exact) mass is 189 g/mol. The van der Waals surface area contributed by atoms with E-state index in [1.807, 2.05) is 19.1 Å². The van der Waals surface area contributed by atoms with Crippen LogP contribution in [0.15, 0.2) is 18.3 Å². The normalized spacial score (nSPS) is 10.4. The second-order valence-corrected chi connectivity index (χ2v) is 2.88. The molecule has 2 rings (SSSR count). The van der Waals surface area contributed by atoms with E-state index in [4.69, 9.17) is 4.74 Å². The molecule has 0 spiro atoms. The first-order chi connectivity index (χ1) is 6.85. The Labute approximate surface area is 82.0 Å². The lowest BCUT2D eigenvalue weighted by Gasteiger charge is -2.04. The van der Waals surface area contributed by atoms with E-state index in [0.29, 0.717) is 6.01 Å². The fourth-order valence-electron chi connectivity index (χ4n) is 1.34. The summed E-state index contributed by atoms with van der Waals surface area (Å²) in [4.78, 5) is 12.7. The van der Waals surface area contributed by atoms with Gasteiger partial charge in [-0.2, -0.15) is 9.97 Å². The molecule has 0 aliphatic carbocycles. The zero-order valence-electron chi connectivity index (χ0n) is 8.19. The van der Waals surface area contributed by atoms with Crippen LogP contribution in [0.4, 0.5) is 0 Å². The van der Waals surface area contributed by atoms with Crippen LogP contribution in [-0.4, -0.2) is 22.1 Å². The molecular weight excluding hydrogens is 178 g/mol. The number of hydrogen-bond donors (Lipinski definition) is 0. The van der Waals surface area contributed by atoms with Gasteiger partial charge in [0.15, 0.2) is 0 Å². The van der Waals surface area contributed by atoms with E-state index in [1.165, 1.54) is 0 Å². The van der Waals surface area contributed by atoms with Crippen LogP contribution < -0.4 is 4.74 Å². The number of aromatic nitrogens is 3. The number of nitrogens with zero attached hydrogens (tertiary/aromatic N) is 3. The lowest BCUT2D eigenvalue weighted by molar-refractivity contribution is 0.380. The molecule has 4 heteroatoms. The van der Waals surface area contributed by atoms with Crippen molar-refractivity contribution in [2.45, 2.75) is 13.3 Å². The predicted molar refractivity (Wildman–Crippen MR) is 53.3 cm³/mol. The lowest BCUT2D eigenvalue weighted by Crippen LogP contribution is -1.98. The van der Waals surface area contributed by atoms with E-state index < -0.39 is 0 Å². The molecule has 2 aromatic heterocycles. The molecule has 0 bridgehead atoms. The quantitative estimate of drug-likeness (QED) is 0.719. The summed E-state index contributed by atoms with van der Waals surface area (Å²) in [5, 5.41) is 0. The standard InChI is InChI=1S/C10H11N3O/c1-3-7-9-8(5-4-6-11-9)13-10(12-7)14-2/h4-6H,3H2,1-2H3. The molecule has 0 atom stereocenters. The molecular formula is C10H11N3O. The minimum atomic E-state index is 0.405. The summed E-state index contributed by atoms with van der Waals surface area (Å²) in [6, 6.07) is 4.17. The second kappa shape index (κ2) is 3.57. The molecule has 0 fully saturated rings. The summed E-state index contributed by atoms with van der Waals surface area (Å²) in [5.74, 6) is 0. The van der Waals surface area contributed by atoms with Crippen molar-refractivity contribution < 1.29 is 4.74 Å². The highest BCUT2D eigenvalue weighted by Gasteiger charge is 2.06. The zero-order valence-corrected chi connectivity index (χ0v) is 8.19. The summed E-state index contributed by atoms with van der Waals surface area (Å²) in [6.45, 7) is 2.04. The number of pyridine rings is 1. The first kappa shape index (κ1) is 8.87. The highest BCUT2D eigenvalue weighted by atomic mass is 16.5. The summed E-state index contributed by atoms with van der Waals surface area (Å²) >= 11 is 0. The fourth-order valence-corrected chi connectivity index (χ4v) is 1.34. The van der Waals surface area contributed by atoms with Gasteiger partial charge in [-0.15, -0.1) is 0 Å². The molecule has 4 nitrogen and oxygen atoms in total. The van der Waals surface area contributed by atoms with Crippen molar-refractivity contribution in [1.29, 1.82) is 0 Å². The Balaban J connectivity index is 2.73. The Hall–Kier alpha value is -1.71. The Bertz CT molecular complexity index is 456. The van der Waals surface area contributed by atoms with E-state index in [-0.39, 0.29) is 0 Å². The van der Waals surface area contributed by atoms with Crippen LogP contribution in [0.25, 0.3) is 11.0 Å². The Morgan fingerprint density at radius 2 is 2.21 bits per heavy atom. The van der Waals surface area contributed by atoms with Crippen LogP contribution in [0.2, 0.25) is 0 Å². The minimum absolute atomic E-state index is 0.405. The van der Waals surface area contributed by atoms with Gasteiger partial charge in [-0.1, -0.05) is 6.92 Å². The molecule has 0 N–H and O–H groups in total. The van der Waals surface area contributed by atoms with Crippen molar-refractivity contribution in [3.05, 3.63) is 24.0 Å². The van der Waals surface area contributed by atoms with Crippen molar-refractivity contribution >= 4 is 11.0 Å². The zero-order chi connectivity index (χ0) is 9.97. The molecule has 0 aliphatic heterocycles. The third-order valence-corrected chi connectivity index (χ3v) is 2.02. The predicted octanol–water partition coefficient (Wildman–Crippen LogP) is 1.60. The summed E-state index contributed by atoms with van der Waals surface area (Å²) in [5.41, 5.74) is 2.61. The van der Waals surface area contributed by atoms with Crippen molar-refractivity contribution in [1.82, 2.24) is 15.0 Å². The lowest BCUT2D eigenvalue weighted by atomic mass is 10.2. The second-order valence-electron chi connectivity index (χ2n) is 2.88. The largest absolute Gasteiger partial charge is 0.467 e. The van der Waals surface area contributed by atoms with Gasteiger partial charge in [0.05, 0.1) is 18.3 Å². The number of fused-ring (bicyclic) bond motifs is 1. The van der Waals surface area contributed by atoms with Crippen LogP contribution >= 0.6 is 0 Å². The maximum Gasteiger partial charge on any atom is 0.317 e. The topological polar surface area (TPSA) is 47.9 Å². The van der Waals surface area contributed by atoms with Gasteiger partial charge in [0.25, 0.3) is 0 Å². The number of aryl methyl sites for hydroxylation is 1. The molecule has 2 heterocycles.